The molecule has 1 aliphatic heterocycles. The van der Waals surface area contributed by atoms with Gasteiger partial charge in [0, 0.05) is 23.9 Å². The molecule has 1 aliphatic rings. The molecule has 23 heavy (non-hydrogen) atoms. The van der Waals surface area contributed by atoms with Crippen LogP contribution >= 0.6 is 0 Å². The Morgan fingerprint density at radius 3 is 2.61 bits per heavy atom. The molecular formula is C18H19N3O2. The van der Waals surface area contributed by atoms with Crippen molar-refractivity contribution in [3.05, 3.63) is 65.1 Å². The van der Waals surface area contributed by atoms with Crippen molar-refractivity contribution in [3.8, 4) is 0 Å². The molecule has 0 spiro atoms. The summed E-state index contributed by atoms with van der Waals surface area (Å²) in [4.78, 5) is 4.59. The molecule has 0 radical (unpaired) electrons. The van der Waals surface area contributed by atoms with Crippen molar-refractivity contribution in [2.75, 3.05) is 5.06 Å². The van der Waals surface area contributed by atoms with Crippen LogP contribution in [0.25, 0.3) is 5.65 Å². The highest BCUT2D eigenvalue weighted by molar-refractivity contribution is 5.75. The zero-order valence-corrected chi connectivity index (χ0v) is 13.1. The van der Waals surface area contributed by atoms with Gasteiger partial charge in [-0.2, -0.15) is 0 Å². The molecule has 0 fully saturated rings. The summed E-state index contributed by atoms with van der Waals surface area (Å²) in [5, 5.41) is 22.7. The van der Waals surface area contributed by atoms with E-state index in [9.17, 15) is 10.3 Å². The summed E-state index contributed by atoms with van der Waals surface area (Å²) in [6, 6.07) is 11.3. The van der Waals surface area contributed by atoms with Crippen LogP contribution in [-0.4, -0.2) is 19.7 Å². The van der Waals surface area contributed by atoms with Gasteiger partial charge in [-0.05, 0) is 25.5 Å². The van der Waals surface area contributed by atoms with Gasteiger partial charge in [-0.1, -0.05) is 30.3 Å². The molecule has 0 bridgehead atoms. The Morgan fingerprint density at radius 1 is 1.13 bits per heavy atom. The number of aliphatic hydroxyl groups is 1. The lowest BCUT2D eigenvalue weighted by Crippen LogP contribution is -2.32. The number of benzene rings is 1. The molecule has 2 unspecified atom stereocenters. The molecule has 5 heteroatoms. The smallest absolute Gasteiger partial charge is 0.163 e. The lowest BCUT2D eigenvalue weighted by molar-refractivity contribution is 0.109. The van der Waals surface area contributed by atoms with Crippen LogP contribution in [0, 0.1) is 13.8 Å². The number of aromatic nitrogens is 2. The minimum Gasteiger partial charge on any atom is -0.388 e. The number of aliphatic hydroxyl groups excluding tert-OH is 1. The maximum atomic E-state index is 10.9. The van der Waals surface area contributed by atoms with Crippen LogP contribution in [0.2, 0.25) is 0 Å². The van der Waals surface area contributed by atoms with Gasteiger partial charge in [-0.15, -0.1) is 0 Å². The standard InChI is InChI=1S/C18H19N3O2/c1-11-12(2)20-9-8-14-16(22)10-15(13-6-4-3-5-7-13)21(23)17(14)18(20)19-11/h3-9,15-16,22-23H,10H2,1-2H3. The summed E-state index contributed by atoms with van der Waals surface area (Å²) in [5.41, 5.74) is 4.92. The monoisotopic (exact) mass is 309 g/mol. The highest BCUT2D eigenvalue weighted by Gasteiger charge is 2.34. The normalized spacial score (nSPS) is 20.8. The second kappa shape index (κ2) is 5.08. The van der Waals surface area contributed by atoms with Gasteiger partial charge in [0.05, 0.1) is 17.8 Å². The largest absolute Gasteiger partial charge is 0.388 e. The van der Waals surface area contributed by atoms with E-state index in [1.807, 2.05) is 60.8 Å². The first-order valence-corrected chi connectivity index (χ1v) is 7.77. The molecule has 3 heterocycles. The van der Waals surface area contributed by atoms with E-state index in [0.717, 1.165) is 22.5 Å². The molecule has 118 valence electrons. The number of aryl methyl sites for hydroxylation is 2. The van der Waals surface area contributed by atoms with E-state index in [4.69, 9.17) is 0 Å². The fourth-order valence-corrected chi connectivity index (χ4v) is 3.39. The van der Waals surface area contributed by atoms with Gasteiger partial charge in [-0.25, -0.2) is 10.0 Å². The van der Waals surface area contributed by atoms with Crippen LogP contribution in [0.4, 0.5) is 5.69 Å². The topological polar surface area (TPSA) is 61.0 Å². The number of imidazole rings is 1. The van der Waals surface area contributed by atoms with Gasteiger partial charge >= 0.3 is 0 Å². The SMILES string of the molecule is Cc1nc2c3c(ccn2c1C)C(O)CC(c1ccccc1)N3O. The van der Waals surface area contributed by atoms with Crippen molar-refractivity contribution in [2.24, 2.45) is 0 Å². The first-order chi connectivity index (χ1) is 11.1. The summed E-state index contributed by atoms with van der Waals surface area (Å²) in [5.74, 6) is 0. The summed E-state index contributed by atoms with van der Waals surface area (Å²) < 4.78 is 1.96. The molecule has 0 saturated carbocycles. The Morgan fingerprint density at radius 2 is 1.87 bits per heavy atom. The zero-order valence-electron chi connectivity index (χ0n) is 13.1. The molecule has 2 atom stereocenters. The van der Waals surface area contributed by atoms with Crippen LogP contribution in [0.1, 0.15) is 41.1 Å². The van der Waals surface area contributed by atoms with E-state index in [1.54, 1.807) is 0 Å². The van der Waals surface area contributed by atoms with Crippen molar-refractivity contribution in [2.45, 2.75) is 32.4 Å². The fraction of sp³-hybridized carbons (Fsp3) is 0.278. The highest BCUT2D eigenvalue weighted by atomic mass is 16.5. The average Bonchev–Trinajstić information content (AvgIpc) is 2.86. The molecular weight excluding hydrogens is 290 g/mol. The van der Waals surface area contributed by atoms with Crippen molar-refractivity contribution in [1.29, 1.82) is 0 Å². The van der Waals surface area contributed by atoms with E-state index < -0.39 is 6.10 Å². The predicted molar refractivity (Wildman–Crippen MR) is 87.7 cm³/mol. The van der Waals surface area contributed by atoms with Gasteiger partial charge < -0.3 is 9.51 Å². The quantitative estimate of drug-likeness (QED) is 0.724. The van der Waals surface area contributed by atoms with E-state index in [2.05, 4.69) is 4.98 Å². The number of rotatable bonds is 1. The molecule has 0 saturated heterocycles. The van der Waals surface area contributed by atoms with Gasteiger partial charge in [0.1, 0.15) is 5.69 Å². The Labute approximate surface area is 134 Å². The maximum absolute atomic E-state index is 10.9. The zero-order chi connectivity index (χ0) is 16.1. The summed E-state index contributed by atoms with van der Waals surface area (Å²) >= 11 is 0. The lowest BCUT2D eigenvalue weighted by atomic mass is 9.91. The molecule has 2 aromatic heterocycles. The van der Waals surface area contributed by atoms with E-state index >= 15 is 0 Å². The second-order valence-corrected chi connectivity index (χ2v) is 6.12. The number of fused-ring (bicyclic) bond motifs is 3. The predicted octanol–water partition coefficient (Wildman–Crippen LogP) is 3.33. The Kier molecular flexibility index (Phi) is 3.14. The minimum absolute atomic E-state index is 0.290. The Hall–Kier alpha value is -2.37. The molecule has 0 amide bonds. The summed E-state index contributed by atoms with van der Waals surface area (Å²) in [6.07, 6.45) is 1.73. The highest BCUT2D eigenvalue weighted by Crippen LogP contribution is 2.44. The second-order valence-electron chi connectivity index (χ2n) is 6.12. The number of anilines is 1. The molecule has 4 rings (SSSR count). The van der Waals surface area contributed by atoms with Crippen molar-refractivity contribution >= 4 is 11.3 Å². The van der Waals surface area contributed by atoms with Crippen LogP contribution in [0.15, 0.2) is 42.6 Å². The lowest BCUT2D eigenvalue weighted by Gasteiger charge is -2.36. The first kappa shape index (κ1) is 14.2. The number of pyridine rings is 1. The summed E-state index contributed by atoms with van der Waals surface area (Å²) in [7, 11) is 0. The third-order valence-electron chi connectivity index (χ3n) is 4.79. The maximum Gasteiger partial charge on any atom is 0.163 e. The van der Waals surface area contributed by atoms with Gasteiger partial charge in [0.15, 0.2) is 5.65 Å². The average molecular weight is 309 g/mol. The van der Waals surface area contributed by atoms with Crippen LogP contribution in [0.3, 0.4) is 0 Å². The minimum atomic E-state index is -0.624. The third-order valence-corrected chi connectivity index (χ3v) is 4.79. The van der Waals surface area contributed by atoms with Crippen LogP contribution in [0.5, 0.6) is 0 Å². The fourth-order valence-electron chi connectivity index (χ4n) is 3.39. The molecule has 0 aliphatic carbocycles. The number of nitrogens with zero attached hydrogens (tertiary/aromatic N) is 3. The van der Waals surface area contributed by atoms with Crippen molar-refractivity contribution in [3.63, 3.8) is 0 Å². The first-order valence-electron chi connectivity index (χ1n) is 7.77. The summed E-state index contributed by atoms with van der Waals surface area (Å²) in [6.45, 7) is 3.95. The van der Waals surface area contributed by atoms with Crippen LogP contribution < -0.4 is 5.06 Å². The number of hydroxylamine groups is 1. The number of hydrogen-bond donors (Lipinski definition) is 2. The molecule has 2 N–H and O–H groups in total. The van der Waals surface area contributed by atoms with Crippen molar-refractivity contribution < 1.29 is 10.3 Å². The van der Waals surface area contributed by atoms with E-state index in [-0.39, 0.29) is 6.04 Å². The van der Waals surface area contributed by atoms with E-state index in [1.165, 1.54) is 5.06 Å². The van der Waals surface area contributed by atoms with Crippen LogP contribution in [-0.2, 0) is 0 Å². The molecule has 1 aromatic carbocycles. The van der Waals surface area contributed by atoms with Gasteiger partial charge in [-0.3, -0.25) is 5.21 Å². The molecule has 5 nitrogen and oxygen atoms in total. The van der Waals surface area contributed by atoms with Crippen molar-refractivity contribution in [1.82, 2.24) is 9.38 Å². The van der Waals surface area contributed by atoms with Gasteiger partial charge in [0.25, 0.3) is 0 Å². The number of hydrogen-bond acceptors (Lipinski definition) is 4. The van der Waals surface area contributed by atoms with Gasteiger partial charge in [0.2, 0.25) is 0 Å². The Balaban J connectivity index is 1.93. The molecule has 3 aromatic rings. The van der Waals surface area contributed by atoms with E-state index in [0.29, 0.717) is 17.8 Å². The Bertz CT molecular complexity index is 873. The third kappa shape index (κ3) is 2.04.